The van der Waals surface area contributed by atoms with Crippen molar-refractivity contribution in [3.63, 3.8) is 0 Å². The molecule has 4 aromatic rings. The topological polar surface area (TPSA) is 87.9 Å². The second-order valence-electron chi connectivity index (χ2n) is 9.17. The summed E-state index contributed by atoms with van der Waals surface area (Å²) in [7, 11) is 0. The van der Waals surface area contributed by atoms with Crippen molar-refractivity contribution in [2.45, 2.75) is 26.8 Å². The lowest BCUT2D eigenvalue weighted by Gasteiger charge is -2.39. The number of rotatable bonds is 6. The largest absolute Gasteiger partial charge is 0.380 e. The molecule has 0 aliphatic carbocycles. The molecular formula is C27H30F3N7O2. The van der Waals surface area contributed by atoms with Gasteiger partial charge in [0.1, 0.15) is 12.1 Å². The number of ether oxygens (including phenoxy) is 1. The summed E-state index contributed by atoms with van der Waals surface area (Å²) >= 11 is 0. The number of piperazine rings is 1. The summed E-state index contributed by atoms with van der Waals surface area (Å²) in [6.45, 7) is 7.57. The smallest absolute Gasteiger partial charge is 0.266 e. The highest BCUT2D eigenvalue weighted by Gasteiger charge is 2.32. The van der Waals surface area contributed by atoms with Gasteiger partial charge in [-0.25, -0.2) is 18.2 Å². The number of benzene rings is 2. The minimum absolute atomic E-state index is 0.0243. The summed E-state index contributed by atoms with van der Waals surface area (Å²) in [5, 5.41) is 13.3. The number of fused-ring (bicyclic) bond motifs is 3. The normalized spacial score (nSPS) is 15.8. The number of hydrogen-bond donors (Lipinski definition) is 1. The van der Waals surface area contributed by atoms with Gasteiger partial charge in [0.25, 0.3) is 6.43 Å². The monoisotopic (exact) mass is 541 g/mol. The third-order valence-corrected chi connectivity index (χ3v) is 6.96. The number of halogens is 3. The highest BCUT2D eigenvalue weighted by Crippen LogP contribution is 2.31. The first-order valence-corrected chi connectivity index (χ1v) is 13.0. The average Bonchev–Trinajstić information content (AvgIpc) is 3.41. The van der Waals surface area contributed by atoms with E-state index < -0.39 is 17.8 Å². The molecule has 2 saturated heterocycles. The Morgan fingerprint density at radius 3 is 2.56 bits per heavy atom. The molecule has 4 heterocycles. The number of carbonyl (C=O) groups is 1. The number of aromatic nitrogens is 4. The lowest BCUT2D eigenvalue weighted by molar-refractivity contribution is -0.150. The molecule has 1 N–H and O–H groups in total. The first-order chi connectivity index (χ1) is 19.0. The van der Waals surface area contributed by atoms with Crippen LogP contribution >= 0.6 is 0 Å². The number of anilines is 2. The predicted molar refractivity (Wildman–Crippen MR) is 141 cm³/mol. The molecule has 0 atom stereocenters. The van der Waals surface area contributed by atoms with Crippen LogP contribution in [0.1, 0.15) is 31.4 Å². The molecule has 0 saturated carbocycles. The van der Waals surface area contributed by atoms with Gasteiger partial charge in [-0.05, 0) is 18.2 Å². The molecule has 2 aliphatic rings. The Labute approximate surface area is 223 Å². The van der Waals surface area contributed by atoms with Crippen molar-refractivity contribution in [3.8, 4) is 0 Å². The van der Waals surface area contributed by atoms with E-state index in [9.17, 15) is 18.0 Å². The average molecular weight is 542 g/mol. The fourth-order valence-electron chi connectivity index (χ4n) is 4.79. The first-order valence-electron chi connectivity index (χ1n) is 13.0. The molecular weight excluding hydrogens is 511 g/mol. The van der Waals surface area contributed by atoms with Gasteiger partial charge < -0.3 is 19.9 Å². The van der Waals surface area contributed by atoms with Crippen molar-refractivity contribution in [3.05, 3.63) is 59.7 Å². The van der Waals surface area contributed by atoms with E-state index in [2.05, 4.69) is 25.4 Å². The summed E-state index contributed by atoms with van der Waals surface area (Å²) in [4.78, 5) is 20.9. The van der Waals surface area contributed by atoms with E-state index in [1.807, 2.05) is 36.9 Å². The zero-order valence-corrected chi connectivity index (χ0v) is 21.8. The molecule has 12 heteroatoms. The zero-order chi connectivity index (χ0) is 27.5. The van der Waals surface area contributed by atoms with Gasteiger partial charge in [0, 0.05) is 54.7 Å². The number of amides is 1. The molecule has 9 nitrogen and oxygen atoms in total. The lowest BCUT2D eigenvalue weighted by Crippen LogP contribution is -2.53. The van der Waals surface area contributed by atoms with Crippen LogP contribution in [-0.2, 0) is 16.1 Å². The molecule has 39 heavy (non-hydrogen) atoms. The third-order valence-electron chi connectivity index (χ3n) is 6.96. The van der Waals surface area contributed by atoms with Crippen LogP contribution in [0.5, 0.6) is 0 Å². The van der Waals surface area contributed by atoms with E-state index in [0.29, 0.717) is 50.9 Å². The zero-order valence-electron chi connectivity index (χ0n) is 21.8. The maximum Gasteiger partial charge on any atom is 0.266 e. The van der Waals surface area contributed by atoms with E-state index >= 15 is 0 Å². The standard InChI is InChI=1S/C25H24F3N7O2.C2H6/c26-21-15(2-1-3-19(21)22(27)28)11-29-23-20-10-17(4-5-18(20)24-30-14-31-35(24)32-23)33-6-8-34(9-7-33)25(36)16-12-37-13-16;1-2/h1-5,10,14,16,22H,6-9,11-13H2,(H,29,32);1-2H3. The number of alkyl halides is 2. The van der Waals surface area contributed by atoms with Crippen molar-refractivity contribution in [1.82, 2.24) is 24.7 Å². The van der Waals surface area contributed by atoms with Gasteiger partial charge in [-0.2, -0.15) is 0 Å². The maximum absolute atomic E-state index is 14.6. The Kier molecular flexibility index (Phi) is 7.82. The maximum atomic E-state index is 14.6. The van der Waals surface area contributed by atoms with Crippen molar-refractivity contribution in [2.24, 2.45) is 5.92 Å². The molecule has 2 aliphatic heterocycles. The first kappa shape index (κ1) is 26.7. The summed E-state index contributed by atoms with van der Waals surface area (Å²) in [5.41, 5.74) is 0.996. The van der Waals surface area contributed by atoms with E-state index in [1.54, 1.807) is 0 Å². The summed E-state index contributed by atoms with van der Waals surface area (Å²) in [5.74, 6) is -0.380. The third kappa shape index (κ3) is 5.20. The number of hydrogen-bond acceptors (Lipinski definition) is 7. The van der Waals surface area contributed by atoms with Crippen molar-refractivity contribution in [2.75, 3.05) is 49.6 Å². The molecule has 2 fully saturated rings. The number of carbonyl (C=O) groups excluding carboxylic acids is 1. The minimum atomic E-state index is -2.90. The molecule has 2 aromatic heterocycles. The van der Waals surface area contributed by atoms with Crippen LogP contribution in [0.2, 0.25) is 0 Å². The van der Waals surface area contributed by atoms with Crippen LogP contribution in [0.4, 0.5) is 24.7 Å². The SMILES string of the molecule is CC.O=C(C1COC1)N1CCN(c2ccc3c(c2)c(NCc2cccc(C(F)F)c2F)nn2ncnc32)CC1. The van der Waals surface area contributed by atoms with Crippen molar-refractivity contribution in [1.29, 1.82) is 0 Å². The van der Waals surface area contributed by atoms with Crippen molar-refractivity contribution < 1.29 is 22.7 Å². The van der Waals surface area contributed by atoms with Crippen LogP contribution in [0.15, 0.2) is 42.7 Å². The van der Waals surface area contributed by atoms with Crippen LogP contribution in [0.3, 0.4) is 0 Å². The Morgan fingerprint density at radius 2 is 1.87 bits per heavy atom. The summed E-state index contributed by atoms with van der Waals surface area (Å²) in [6.07, 6.45) is -1.50. The molecule has 6 rings (SSSR count). The van der Waals surface area contributed by atoms with Gasteiger partial charge in [-0.15, -0.1) is 14.8 Å². The second kappa shape index (κ2) is 11.4. The Balaban J connectivity index is 0.00000151. The molecule has 0 spiro atoms. The Hall–Kier alpha value is -3.93. The highest BCUT2D eigenvalue weighted by atomic mass is 19.3. The Morgan fingerprint density at radius 1 is 1.10 bits per heavy atom. The van der Waals surface area contributed by atoms with Gasteiger partial charge >= 0.3 is 0 Å². The van der Waals surface area contributed by atoms with Crippen LogP contribution in [0.25, 0.3) is 16.4 Å². The van der Waals surface area contributed by atoms with Gasteiger partial charge in [0.05, 0.1) is 24.7 Å². The summed E-state index contributed by atoms with van der Waals surface area (Å²) in [6, 6.07) is 9.86. The fraction of sp³-hybridized carbons (Fsp3) is 0.407. The molecule has 0 bridgehead atoms. The summed E-state index contributed by atoms with van der Waals surface area (Å²) < 4.78 is 47.4. The highest BCUT2D eigenvalue weighted by molar-refractivity contribution is 6.01. The molecule has 0 radical (unpaired) electrons. The van der Waals surface area contributed by atoms with Crippen LogP contribution < -0.4 is 10.2 Å². The molecule has 206 valence electrons. The molecule has 0 unspecified atom stereocenters. The van der Waals surface area contributed by atoms with Gasteiger partial charge in [-0.1, -0.05) is 32.0 Å². The Bertz CT molecular complexity index is 1470. The van der Waals surface area contributed by atoms with Crippen molar-refractivity contribution >= 4 is 33.8 Å². The number of nitrogens with one attached hydrogen (secondary N) is 1. The second-order valence-corrected chi connectivity index (χ2v) is 9.17. The van der Waals surface area contributed by atoms with Gasteiger partial charge in [0.15, 0.2) is 11.5 Å². The number of nitrogens with zero attached hydrogens (tertiary/aromatic N) is 6. The minimum Gasteiger partial charge on any atom is -0.380 e. The van der Waals surface area contributed by atoms with E-state index in [1.165, 1.54) is 23.1 Å². The van der Waals surface area contributed by atoms with E-state index in [0.717, 1.165) is 22.5 Å². The van der Waals surface area contributed by atoms with E-state index in [4.69, 9.17) is 4.74 Å². The lowest BCUT2D eigenvalue weighted by atomic mass is 10.1. The van der Waals surface area contributed by atoms with Crippen LogP contribution in [0, 0.1) is 11.7 Å². The van der Waals surface area contributed by atoms with Crippen LogP contribution in [-0.4, -0.2) is 70.0 Å². The fourth-order valence-corrected chi connectivity index (χ4v) is 4.79. The van der Waals surface area contributed by atoms with E-state index in [-0.39, 0.29) is 23.9 Å². The van der Waals surface area contributed by atoms with Gasteiger partial charge in [0.2, 0.25) is 5.91 Å². The predicted octanol–water partition coefficient (Wildman–Crippen LogP) is 4.29. The van der Waals surface area contributed by atoms with Gasteiger partial charge in [-0.3, -0.25) is 4.79 Å². The molecule has 2 aromatic carbocycles. The molecule has 1 amide bonds. The quantitative estimate of drug-likeness (QED) is 0.390.